The predicted octanol–water partition coefficient (Wildman–Crippen LogP) is 4.01. The van der Waals surface area contributed by atoms with Gasteiger partial charge in [0, 0.05) is 5.56 Å². The standard InChI is InChI=1S/C24H19FN2O6S/c1-12-21(23(31)33-3)34-24(26-12)27-18(13-4-8-15(25)9-5-13)17(20(29)22(27)30)19(28)14-6-10-16(32-2)11-7-14/h4-11,18,28H,1-3H3/t18-/m0/s1. The molecule has 1 aliphatic heterocycles. The number of benzene rings is 2. The molecule has 0 spiro atoms. The number of methoxy groups -OCH3 is 2. The number of aromatic nitrogens is 1. The van der Waals surface area contributed by atoms with Crippen molar-refractivity contribution in [1.29, 1.82) is 0 Å². The first kappa shape index (κ1) is 23.1. The molecule has 0 saturated carbocycles. The van der Waals surface area contributed by atoms with Crippen LogP contribution < -0.4 is 9.64 Å². The van der Waals surface area contributed by atoms with Crippen LogP contribution in [0.1, 0.15) is 32.5 Å². The highest BCUT2D eigenvalue weighted by molar-refractivity contribution is 7.17. The van der Waals surface area contributed by atoms with Crippen molar-refractivity contribution < 1.29 is 33.4 Å². The summed E-state index contributed by atoms with van der Waals surface area (Å²) in [5.74, 6) is -2.87. The van der Waals surface area contributed by atoms with Crippen LogP contribution in [-0.2, 0) is 14.3 Å². The number of aryl methyl sites for hydroxylation is 1. The van der Waals surface area contributed by atoms with Gasteiger partial charge in [-0.15, -0.1) is 0 Å². The van der Waals surface area contributed by atoms with E-state index in [9.17, 15) is 23.9 Å². The predicted molar refractivity (Wildman–Crippen MR) is 122 cm³/mol. The molecule has 3 aromatic rings. The van der Waals surface area contributed by atoms with Crippen molar-refractivity contribution in [3.63, 3.8) is 0 Å². The lowest BCUT2D eigenvalue weighted by Crippen LogP contribution is -2.29. The molecule has 10 heteroatoms. The molecular weight excluding hydrogens is 463 g/mol. The number of amides is 1. The number of anilines is 1. The van der Waals surface area contributed by atoms with Crippen LogP contribution in [0.5, 0.6) is 5.75 Å². The Bertz CT molecular complexity index is 1310. The van der Waals surface area contributed by atoms with E-state index in [1.54, 1.807) is 31.2 Å². The van der Waals surface area contributed by atoms with Gasteiger partial charge in [0.2, 0.25) is 0 Å². The highest BCUT2D eigenvalue weighted by Gasteiger charge is 2.48. The molecule has 1 N–H and O–H groups in total. The Morgan fingerprint density at radius 2 is 1.74 bits per heavy atom. The summed E-state index contributed by atoms with van der Waals surface area (Å²) in [6, 6.07) is 10.4. The van der Waals surface area contributed by atoms with E-state index in [1.807, 2.05) is 0 Å². The zero-order valence-corrected chi connectivity index (χ0v) is 19.2. The summed E-state index contributed by atoms with van der Waals surface area (Å²) in [6.45, 7) is 1.58. The number of Topliss-reactive ketones (excluding diaryl/α,β-unsaturated/α-hetero) is 1. The average molecular weight is 482 g/mol. The van der Waals surface area contributed by atoms with Crippen LogP contribution in [0.2, 0.25) is 0 Å². The van der Waals surface area contributed by atoms with Crippen molar-refractivity contribution >= 4 is 39.9 Å². The topological polar surface area (TPSA) is 106 Å². The second kappa shape index (κ2) is 9.06. The van der Waals surface area contributed by atoms with Crippen LogP contribution in [0.15, 0.2) is 54.1 Å². The number of rotatable bonds is 5. The zero-order valence-electron chi connectivity index (χ0n) is 18.4. The van der Waals surface area contributed by atoms with Gasteiger partial charge >= 0.3 is 11.9 Å². The number of halogens is 1. The Kier molecular flexibility index (Phi) is 6.16. The number of nitrogens with zero attached hydrogens (tertiary/aromatic N) is 2. The van der Waals surface area contributed by atoms with Gasteiger partial charge in [0.15, 0.2) is 5.13 Å². The highest BCUT2D eigenvalue weighted by atomic mass is 32.1. The lowest BCUT2D eigenvalue weighted by atomic mass is 9.95. The second-order valence-corrected chi connectivity index (χ2v) is 8.33. The molecule has 2 heterocycles. The van der Waals surface area contributed by atoms with Gasteiger partial charge in [0.05, 0.1) is 31.5 Å². The monoisotopic (exact) mass is 482 g/mol. The normalized spacial score (nSPS) is 17.2. The van der Waals surface area contributed by atoms with Gasteiger partial charge in [-0.25, -0.2) is 14.2 Å². The molecule has 34 heavy (non-hydrogen) atoms. The average Bonchev–Trinajstić information content (AvgIpc) is 3.35. The lowest BCUT2D eigenvalue weighted by molar-refractivity contribution is -0.132. The van der Waals surface area contributed by atoms with Gasteiger partial charge < -0.3 is 14.6 Å². The fourth-order valence-corrected chi connectivity index (χ4v) is 4.67. The van der Waals surface area contributed by atoms with E-state index in [1.165, 1.54) is 38.5 Å². The van der Waals surface area contributed by atoms with E-state index >= 15 is 0 Å². The molecule has 1 amide bonds. The minimum atomic E-state index is -1.10. The van der Waals surface area contributed by atoms with Crippen molar-refractivity contribution in [1.82, 2.24) is 4.98 Å². The minimum Gasteiger partial charge on any atom is -0.507 e. The minimum absolute atomic E-state index is 0.0723. The van der Waals surface area contributed by atoms with Crippen LogP contribution >= 0.6 is 11.3 Å². The van der Waals surface area contributed by atoms with Crippen molar-refractivity contribution in [2.24, 2.45) is 0 Å². The molecule has 0 unspecified atom stereocenters. The van der Waals surface area contributed by atoms with Gasteiger partial charge in [-0.3, -0.25) is 14.5 Å². The number of hydrogen-bond donors (Lipinski definition) is 1. The first-order valence-electron chi connectivity index (χ1n) is 10.0. The molecule has 0 bridgehead atoms. The van der Waals surface area contributed by atoms with Crippen molar-refractivity contribution in [2.75, 3.05) is 19.1 Å². The van der Waals surface area contributed by atoms with Gasteiger partial charge in [-0.05, 0) is 48.9 Å². The maximum absolute atomic E-state index is 13.6. The fourth-order valence-electron chi connectivity index (χ4n) is 3.66. The molecule has 0 aliphatic carbocycles. The third-order valence-corrected chi connectivity index (χ3v) is 6.49. The SMILES string of the molecule is COC(=O)c1sc(N2C(=O)C(=O)C(=C(O)c3ccc(OC)cc3)[C@@H]2c2ccc(F)cc2)nc1C. The van der Waals surface area contributed by atoms with Crippen LogP contribution in [0.3, 0.4) is 0 Å². The number of ether oxygens (including phenoxy) is 2. The lowest BCUT2D eigenvalue weighted by Gasteiger charge is -2.23. The molecule has 1 saturated heterocycles. The Morgan fingerprint density at radius 1 is 1.09 bits per heavy atom. The Morgan fingerprint density at radius 3 is 2.32 bits per heavy atom. The summed E-state index contributed by atoms with van der Waals surface area (Å²) in [4.78, 5) is 44.0. The molecule has 1 aromatic heterocycles. The summed E-state index contributed by atoms with van der Waals surface area (Å²) < 4.78 is 23.5. The van der Waals surface area contributed by atoms with Gasteiger partial charge in [-0.1, -0.05) is 23.5 Å². The zero-order chi connectivity index (χ0) is 24.6. The number of hydrogen-bond acceptors (Lipinski definition) is 8. The first-order valence-corrected chi connectivity index (χ1v) is 10.8. The third-order valence-electron chi connectivity index (χ3n) is 5.36. The van der Waals surface area contributed by atoms with Crippen molar-refractivity contribution in [3.8, 4) is 5.75 Å². The molecule has 4 rings (SSSR count). The summed E-state index contributed by atoms with van der Waals surface area (Å²) in [7, 11) is 2.72. The van der Waals surface area contributed by atoms with Crippen LogP contribution in [0.4, 0.5) is 9.52 Å². The van der Waals surface area contributed by atoms with E-state index in [-0.39, 0.29) is 21.1 Å². The summed E-state index contributed by atoms with van der Waals surface area (Å²) in [5.41, 5.74) is 0.802. The molecule has 1 atom stereocenters. The summed E-state index contributed by atoms with van der Waals surface area (Å²) in [6.07, 6.45) is 0. The number of thiazole rings is 1. The van der Waals surface area contributed by atoms with Crippen molar-refractivity contribution in [2.45, 2.75) is 13.0 Å². The van der Waals surface area contributed by atoms with E-state index in [4.69, 9.17) is 9.47 Å². The van der Waals surface area contributed by atoms with Crippen LogP contribution in [0, 0.1) is 12.7 Å². The fraction of sp³-hybridized carbons (Fsp3) is 0.167. The van der Waals surface area contributed by atoms with Crippen molar-refractivity contribution in [3.05, 3.63) is 81.6 Å². The Hall–Kier alpha value is -4.05. The third kappa shape index (κ3) is 3.92. The smallest absolute Gasteiger partial charge is 0.350 e. The number of ketones is 1. The van der Waals surface area contributed by atoms with E-state index in [0.29, 0.717) is 17.0 Å². The number of aliphatic hydroxyl groups excluding tert-OH is 1. The Balaban J connectivity index is 1.91. The van der Waals surface area contributed by atoms with Gasteiger partial charge in [0.25, 0.3) is 5.78 Å². The van der Waals surface area contributed by atoms with Crippen LogP contribution in [0.25, 0.3) is 5.76 Å². The maximum atomic E-state index is 13.6. The number of carbonyl (C=O) groups is 3. The summed E-state index contributed by atoms with van der Waals surface area (Å²) >= 11 is 0.884. The van der Waals surface area contributed by atoms with E-state index in [2.05, 4.69) is 4.98 Å². The maximum Gasteiger partial charge on any atom is 0.350 e. The van der Waals surface area contributed by atoms with E-state index < -0.39 is 35.3 Å². The van der Waals surface area contributed by atoms with Crippen LogP contribution in [-0.4, -0.2) is 42.0 Å². The Labute approximate surface area is 197 Å². The molecule has 2 aromatic carbocycles. The number of esters is 1. The molecule has 0 radical (unpaired) electrons. The molecule has 1 aliphatic rings. The first-order chi connectivity index (χ1) is 16.3. The second-order valence-electron chi connectivity index (χ2n) is 7.35. The summed E-state index contributed by atoms with van der Waals surface area (Å²) in [5, 5.41) is 11.2. The highest BCUT2D eigenvalue weighted by Crippen LogP contribution is 2.44. The largest absolute Gasteiger partial charge is 0.507 e. The quantitative estimate of drug-likeness (QED) is 0.253. The van der Waals surface area contributed by atoms with Gasteiger partial charge in [0.1, 0.15) is 22.2 Å². The molecule has 174 valence electrons. The molecule has 8 nitrogen and oxygen atoms in total. The molecule has 1 fully saturated rings. The number of aliphatic hydroxyl groups is 1. The van der Waals surface area contributed by atoms with E-state index in [0.717, 1.165) is 16.2 Å². The molecular formula is C24H19FN2O6S. The number of carbonyl (C=O) groups excluding carboxylic acids is 3. The van der Waals surface area contributed by atoms with Gasteiger partial charge in [-0.2, -0.15) is 0 Å².